The molecule has 3 aromatic rings. The van der Waals surface area contributed by atoms with E-state index in [1.165, 1.54) is 0 Å². The summed E-state index contributed by atoms with van der Waals surface area (Å²) < 4.78 is 10.9. The van der Waals surface area contributed by atoms with E-state index in [0.717, 1.165) is 21.7 Å². The molecule has 4 nitrogen and oxygen atoms in total. The highest BCUT2D eigenvalue weighted by atomic mass is 16.5. The summed E-state index contributed by atoms with van der Waals surface area (Å²) in [5.41, 5.74) is 0.519. The zero-order chi connectivity index (χ0) is 14.4. The maximum atomic E-state index is 12.2. The van der Waals surface area contributed by atoms with Gasteiger partial charge in [0.25, 0.3) is 5.91 Å². The molecular formula is C17H11NO3. The quantitative estimate of drug-likeness (QED) is 0.717. The third-order valence-electron chi connectivity index (χ3n) is 3.64. The van der Waals surface area contributed by atoms with Crippen LogP contribution in [0, 0.1) is 0 Å². The Kier molecular flexibility index (Phi) is 2.44. The first-order chi connectivity index (χ1) is 10.3. The highest BCUT2D eigenvalue weighted by molar-refractivity contribution is 6.23. The Morgan fingerprint density at radius 1 is 1.14 bits per heavy atom. The van der Waals surface area contributed by atoms with Crippen molar-refractivity contribution in [1.82, 2.24) is 0 Å². The van der Waals surface area contributed by atoms with Crippen molar-refractivity contribution in [2.45, 2.75) is 0 Å². The number of amides is 1. The lowest BCUT2D eigenvalue weighted by Gasteiger charge is -2.00. The number of hydrogen-bond acceptors (Lipinski definition) is 3. The molecule has 0 unspecified atom stereocenters. The van der Waals surface area contributed by atoms with Crippen molar-refractivity contribution in [2.75, 3.05) is 7.11 Å². The topological polar surface area (TPSA) is 51.8 Å². The van der Waals surface area contributed by atoms with Gasteiger partial charge in [0.15, 0.2) is 0 Å². The molecule has 0 aliphatic carbocycles. The number of hydrogen-bond donors (Lipinski definition) is 0. The Labute approximate surface area is 120 Å². The van der Waals surface area contributed by atoms with Crippen LogP contribution in [0.15, 0.2) is 58.1 Å². The minimum absolute atomic E-state index is 0.261. The van der Waals surface area contributed by atoms with Crippen molar-refractivity contribution in [2.24, 2.45) is 4.99 Å². The molecule has 2 aromatic carbocycles. The largest absolute Gasteiger partial charge is 0.497 e. The predicted molar refractivity (Wildman–Crippen MR) is 77.5 cm³/mol. The number of para-hydroxylation sites is 1. The molecule has 1 aliphatic rings. The van der Waals surface area contributed by atoms with Crippen molar-refractivity contribution < 1.29 is 13.9 Å². The van der Waals surface area contributed by atoms with Crippen LogP contribution >= 0.6 is 0 Å². The molecule has 0 spiro atoms. The van der Waals surface area contributed by atoms with E-state index in [9.17, 15) is 4.79 Å². The number of fused-ring (bicyclic) bond motifs is 2. The first kappa shape index (κ1) is 11.9. The van der Waals surface area contributed by atoms with E-state index in [1.54, 1.807) is 13.4 Å². The van der Waals surface area contributed by atoms with E-state index in [4.69, 9.17) is 9.15 Å². The van der Waals surface area contributed by atoms with Gasteiger partial charge in [-0.25, -0.2) is 4.99 Å². The molecule has 4 heteroatoms. The van der Waals surface area contributed by atoms with Gasteiger partial charge in [0.1, 0.15) is 11.5 Å². The van der Waals surface area contributed by atoms with Crippen molar-refractivity contribution in [3.8, 4) is 5.75 Å². The maximum absolute atomic E-state index is 12.2. The van der Waals surface area contributed by atoms with E-state index in [0.29, 0.717) is 16.7 Å². The summed E-state index contributed by atoms with van der Waals surface area (Å²) in [7, 11) is 1.62. The average molecular weight is 277 g/mol. The lowest BCUT2D eigenvalue weighted by Crippen LogP contribution is -2.22. The normalized spacial score (nSPS) is 13.4. The Hall–Kier alpha value is -2.88. The smallest absolute Gasteiger partial charge is 0.282 e. The second-order valence-corrected chi connectivity index (χ2v) is 4.83. The zero-order valence-corrected chi connectivity index (χ0v) is 11.3. The van der Waals surface area contributed by atoms with Gasteiger partial charge in [-0.15, -0.1) is 0 Å². The summed E-state index contributed by atoms with van der Waals surface area (Å²) in [6.07, 6.45) is 1.63. The molecule has 4 rings (SSSR count). The van der Waals surface area contributed by atoms with Crippen molar-refractivity contribution in [1.29, 1.82) is 0 Å². The molecule has 0 fully saturated rings. The molecule has 1 aromatic heterocycles. The van der Waals surface area contributed by atoms with Gasteiger partial charge in [0.2, 0.25) is 0 Å². The van der Waals surface area contributed by atoms with Gasteiger partial charge in [-0.1, -0.05) is 18.2 Å². The van der Waals surface area contributed by atoms with Crippen LogP contribution in [0.5, 0.6) is 5.75 Å². The third kappa shape index (κ3) is 1.69. The molecule has 0 atom stereocenters. The number of ether oxygens (including phenoxy) is 1. The molecule has 0 bridgehead atoms. The minimum Gasteiger partial charge on any atom is -0.497 e. The van der Waals surface area contributed by atoms with Crippen LogP contribution in [0.2, 0.25) is 0 Å². The van der Waals surface area contributed by atoms with Gasteiger partial charge in [0, 0.05) is 16.0 Å². The first-order valence-corrected chi connectivity index (χ1v) is 6.56. The van der Waals surface area contributed by atoms with Crippen molar-refractivity contribution >= 4 is 22.3 Å². The van der Waals surface area contributed by atoms with E-state index in [2.05, 4.69) is 4.99 Å². The Bertz CT molecular complexity index is 998. The molecular weight excluding hydrogens is 266 g/mol. The van der Waals surface area contributed by atoms with E-state index < -0.39 is 0 Å². The number of carbonyl (C=O) groups is 1. The molecule has 0 radical (unpaired) electrons. The molecule has 1 aliphatic heterocycles. The number of carbonyl (C=O) groups excluding carboxylic acids is 1. The fourth-order valence-electron chi connectivity index (χ4n) is 2.63. The van der Waals surface area contributed by atoms with Crippen LogP contribution < -0.4 is 15.3 Å². The Balaban J connectivity index is 2.05. The van der Waals surface area contributed by atoms with Gasteiger partial charge in [-0.3, -0.25) is 4.79 Å². The SMILES string of the molecule is COc1ccc2c(C3=c4ccccc4=NC3=O)occ2c1. The first-order valence-electron chi connectivity index (χ1n) is 6.56. The Morgan fingerprint density at radius 3 is 2.86 bits per heavy atom. The highest BCUT2D eigenvalue weighted by Crippen LogP contribution is 2.29. The molecule has 2 heterocycles. The lowest BCUT2D eigenvalue weighted by molar-refractivity contribution is -0.112. The van der Waals surface area contributed by atoms with Crippen LogP contribution in [0.1, 0.15) is 5.76 Å². The summed E-state index contributed by atoms with van der Waals surface area (Å²) >= 11 is 0. The van der Waals surface area contributed by atoms with Gasteiger partial charge < -0.3 is 9.15 Å². The van der Waals surface area contributed by atoms with Crippen molar-refractivity contribution in [3.63, 3.8) is 0 Å². The van der Waals surface area contributed by atoms with Crippen LogP contribution in [-0.2, 0) is 4.79 Å². The fourth-order valence-corrected chi connectivity index (χ4v) is 2.63. The second kappa shape index (κ2) is 4.31. The minimum atomic E-state index is -0.261. The van der Waals surface area contributed by atoms with Crippen LogP contribution in [-0.4, -0.2) is 13.0 Å². The van der Waals surface area contributed by atoms with E-state index in [1.807, 2.05) is 42.5 Å². The lowest BCUT2D eigenvalue weighted by atomic mass is 10.1. The second-order valence-electron chi connectivity index (χ2n) is 4.83. The zero-order valence-electron chi connectivity index (χ0n) is 11.3. The summed E-state index contributed by atoms with van der Waals surface area (Å²) in [5, 5.41) is 3.28. The molecule has 0 saturated heterocycles. The Morgan fingerprint density at radius 2 is 2.00 bits per heavy atom. The molecule has 1 amide bonds. The maximum Gasteiger partial charge on any atom is 0.282 e. The van der Waals surface area contributed by atoms with E-state index in [-0.39, 0.29) is 5.91 Å². The molecule has 21 heavy (non-hydrogen) atoms. The third-order valence-corrected chi connectivity index (χ3v) is 3.64. The summed E-state index contributed by atoms with van der Waals surface area (Å²) in [4.78, 5) is 16.3. The van der Waals surface area contributed by atoms with Crippen LogP contribution in [0.25, 0.3) is 16.3 Å². The predicted octanol–water partition coefficient (Wildman–Crippen LogP) is 1.80. The highest BCUT2D eigenvalue weighted by Gasteiger charge is 2.23. The van der Waals surface area contributed by atoms with Gasteiger partial charge in [-0.05, 0) is 24.3 Å². The van der Waals surface area contributed by atoms with Crippen LogP contribution in [0.4, 0.5) is 0 Å². The van der Waals surface area contributed by atoms with Gasteiger partial charge in [0.05, 0.1) is 24.3 Å². The average Bonchev–Trinajstić information content (AvgIpc) is 3.06. The summed E-state index contributed by atoms with van der Waals surface area (Å²) in [6, 6.07) is 13.1. The van der Waals surface area contributed by atoms with Gasteiger partial charge in [-0.2, -0.15) is 0 Å². The fraction of sp³-hybridized carbons (Fsp3) is 0.0588. The monoisotopic (exact) mass is 277 g/mol. The number of benzene rings is 2. The standard InChI is InChI=1S/C17H11NO3/c1-20-11-6-7-12-10(8-11)9-21-16(12)15-13-4-2-3-5-14(13)18-17(15)19/h2-9H,1H3. The summed E-state index contributed by atoms with van der Waals surface area (Å²) in [5.74, 6) is 1.05. The number of nitrogens with zero attached hydrogens (tertiary/aromatic N) is 1. The van der Waals surface area contributed by atoms with Crippen LogP contribution in [0.3, 0.4) is 0 Å². The molecule has 0 saturated carbocycles. The van der Waals surface area contributed by atoms with Gasteiger partial charge >= 0.3 is 0 Å². The molecule has 102 valence electrons. The van der Waals surface area contributed by atoms with E-state index >= 15 is 0 Å². The number of furan rings is 1. The summed E-state index contributed by atoms with van der Waals surface area (Å²) in [6.45, 7) is 0. The number of rotatable bonds is 2. The number of methoxy groups -OCH3 is 1. The van der Waals surface area contributed by atoms with Crippen molar-refractivity contribution in [3.05, 3.63) is 65.1 Å². The molecule has 0 N–H and O–H groups in total.